The summed E-state index contributed by atoms with van der Waals surface area (Å²) in [5, 5.41) is 11.1. The predicted octanol–water partition coefficient (Wildman–Crippen LogP) is 2.92. The van der Waals surface area contributed by atoms with Gasteiger partial charge in [-0.25, -0.2) is 4.98 Å². The van der Waals surface area contributed by atoms with Crippen molar-refractivity contribution in [1.29, 1.82) is 0 Å². The Bertz CT molecular complexity index is 497. The van der Waals surface area contributed by atoms with Crippen LogP contribution in [0.25, 0.3) is 0 Å². The molecule has 1 N–H and O–H groups in total. The van der Waals surface area contributed by atoms with Crippen LogP contribution < -0.4 is 5.32 Å². The number of hydrogen-bond donors (Lipinski definition) is 1. The summed E-state index contributed by atoms with van der Waals surface area (Å²) in [5.41, 5.74) is 1.77. The van der Waals surface area contributed by atoms with Gasteiger partial charge in [-0.1, -0.05) is 0 Å². The maximum Gasteiger partial charge on any atom is 0.243 e. The van der Waals surface area contributed by atoms with Gasteiger partial charge < -0.3 is 5.32 Å². The van der Waals surface area contributed by atoms with E-state index in [1.165, 1.54) is 4.88 Å². The van der Waals surface area contributed by atoms with E-state index in [-0.39, 0.29) is 0 Å². The summed E-state index contributed by atoms with van der Waals surface area (Å²) in [6, 6.07) is 4.09. The third kappa shape index (κ3) is 2.76. The minimum atomic E-state index is 0.577. The van der Waals surface area contributed by atoms with Gasteiger partial charge in [0.05, 0.1) is 21.7 Å². The fourth-order valence-electron chi connectivity index (χ4n) is 1.14. The van der Waals surface area contributed by atoms with Crippen LogP contribution in [-0.2, 0) is 6.54 Å². The summed E-state index contributed by atoms with van der Waals surface area (Å²) in [5.74, 6) is 0.577. The Hall–Kier alpha value is -1.01. The van der Waals surface area contributed by atoms with E-state index in [0.29, 0.717) is 5.95 Å². The first-order valence-electron chi connectivity index (χ1n) is 4.81. The van der Waals surface area contributed by atoms with Crippen LogP contribution in [0.2, 0.25) is 0 Å². The smallest absolute Gasteiger partial charge is 0.243 e. The Balaban J connectivity index is 2.02. The molecule has 4 nitrogen and oxygen atoms in total. The molecule has 0 atom stereocenters. The molecule has 2 aromatic heterocycles. The normalized spacial score (nSPS) is 10.4. The average molecular weight is 299 g/mol. The molecule has 0 bridgehead atoms. The number of nitrogens with zero attached hydrogens (tertiary/aromatic N) is 3. The molecule has 16 heavy (non-hydrogen) atoms. The zero-order chi connectivity index (χ0) is 11.5. The van der Waals surface area contributed by atoms with Gasteiger partial charge in [-0.3, -0.25) is 0 Å². The highest BCUT2D eigenvalue weighted by molar-refractivity contribution is 9.11. The number of aryl methyl sites for hydroxylation is 2. The van der Waals surface area contributed by atoms with E-state index in [2.05, 4.69) is 42.5 Å². The predicted molar refractivity (Wildman–Crippen MR) is 68.6 cm³/mol. The van der Waals surface area contributed by atoms with E-state index in [4.69, 9.17) is 0 Å². The molecule has 0 fully saturated rings. The molecule has 2 heterocycles. The molecule has 0 aliphatic rings. The first-order chi connectivity index (χ1) is 7.65. The first kappa shape index (κ1) is 11.5. The Kier molecular flexibility index (Phi) is 3.50. The molecule has 0 aliphatic carbocycles. The van der Waals surface area contributed by atoms with Crippen LogP contribution in [0.5, 0.6) is 0 Å². The van der Waals surface area contributed by atoms with Crippen LogP contribution in [0, 0.1) is 13.8 Å². The van der Waals surface area contributed by atoms with Crippen LogP contribution in [0.1, 0.15) is 16.3 Å². The minimum absolute atomic E-state index is 0.577. The minimum Gasteiger partial charge on any atom is -0.348 e. The molecule has 2 rings (SSSR count). The average Bonchev–Trinajstić information content (AvgIpc) is 2.66. The van der Waals surface area contributed by atoms with Gasteiger partial charge in [-0.15, -0.1) is 16.4 Å². The highest BCUT2D eigenvalue weighted by Gasteiger charge is 2.02. The van der Waals surface area contributed by atoms with Crippen LogP contribution >= 0.6 is 27.3 Å². The topological polar surface area (TPSA) is 50.7 Å². The molecule has 0 aliphatic heterocycles. The summed E-state index contributed by atoms with van der Waals surface area (Å²) >= 11 is 5.12. The number of anilines is 1. The van der Waals surface area contributed by atoms with Gasteiger partial charge >= 0.3 is 0 Å². The van der Waals surface area contributed by atoms with E-state index in [1.807, 2.05) is 19.9 Å². The zero-order valence-electron chi connectivity index (χ0n) is 8.99. The molecule has 0 unspecified atom stereocenters. The quantitative estimate of drug-likeness (QED) is 0.946. The largest absolute Gasteiger partial charge is 0.348 e. The molecule has 84 valence electrons. The highest BCUT2D eigenvalue weighted by atomic mass is 79.9. The van der Waals surface area contributed by atoms with Crippen LogP contribution in [-0.4, -0.2) is 15.2 Å². The second-order valence-corrected chi connectivity index (χ2v) is 5.91. The lowest BCUT2D eigenvalue weighted by Crippen LogP contribution is -2.06. The van der Waals surface area contributed by atoms with Gasteiger partial charge in [0.2, 0.25) is 5.95 Å². The van der Waals surface area contributed by atoms with Crippen LogP contribution in [0.15, 0.2) is 15.9 Å². The maximum atomic E-state index is 4.30. The maximum absolute atomic E-state index is 4.30. The molecule has 0 saturated carbocycles. The third-order valence-electron chi connectivity index (χ3n) is 2.14. The lowest BCUT2D eigenvalue weighted by Gasteiger charge is -2.03. The molecular formula is C10H11BrN4S. The molecule has 0 aromatic carbocycles. The summed E-state index contributed by atoms with van der Waals surface area (Å²) in [7, 11) is 0. The number of nitrogens with one attached hydrogen (secondary N) is 1. The standard InChI is InChI=1S/C10H11BrN4S/c1-6-7(2)14-15-10(13-6)12-5-8-3-4-9(11)16-8/h3-4H,5H2,1-2H3,(H,12,13,15). The fraction of sp³-hybridized carbons (Fsp3) is 0.300. The first-order valence-corrected chi connectivity index (χ1v) is 6.42. The van der Waals surface area contributed by atoms with Crippen molar-refractivity contribution in [3.8, 4) is 0 Å². The van der Waals surface area contributed by atoms with E-state index in [0.717, 1.165) is 21.7 Å². The van der Waals surface area contributed by atoms with Gasteiger partial charge in [0.15, 0.2) is 0 Å². The van der Waals surface area contributed by atoms with Crippen molar-refractivity contribution in [3.63, 3.8) is 0 Å². The Labute approximate surface area is 106 Å². The van der Waals surface area contributed by atoms with Crippen LogP contribution in [0.4, 0.5) is 5.95 Å². The number of hydrogen-bond acceptors (Lipinski definition) is 5. The zero-order valence-corrected chi connectivity index (χ0v) is 11.4. The van der Waals surface area contributed by atoms with Crippen molar-refractivity contribution in [2.75, 3.05) is 5.32 Å². The molecule has 0 spiro atoms. The lowest BCUT2D eigenvalue weighted by molar-refractivity contribution is 0.887. The molecule has 0 saturated heterocycles. The molecule has 0 radical (unpaired) electrons. The second kappa shape index (κ2) is 4.88. The van der Waals surface area contributed by atoms with E-state index in [1.54, 1.807) is 11.3 Å². The van der Waals surface area contributed by atoms with Gasteiger partial charge in [0, 0.05) is 4.88 Å². The number of thiophene rings is 1. The monoisotopic (exact) mass is 298 g/mol. The summed E-state index contributed by atoms with van der Waals surface area (Å²) < 4.78 is 1.13. The van der Waals surface area contributed by atoms with E-state index >= 15 is 0 Å². The molecular weight excluding hydrogens is 288 g/mol. The Morgan fingerprint density at radius 1 is 1.25 bits per heavy atom. The van der Waals surface area contributed by atoms with Crippen molar-refractivity contribution in [1.82, 2.24) is 15.2 Å². The summed E-state index contributed by atoms with van der Waals surface area (Å²) in [4.78, 5) is 5.53. The van der Waals surface area contributed by atoms with Crippen molar-refractivity contribution in [3.05, 3.63) is 32.2 Å². The second-order valence-electron chi connectivity index (χ2n) is 3.37. The van der Waals surface area contributed by atoms with Gasteiger partial charge in [-0.2, -0.15) is 5.10 Å². The van der Waals surface area contributed by atoms with Gasteiger partial charge in [0.1, 0.15) is 0 Å². The van der Waals surface area contributed by atoms with Gasteiger partial charge in [0.25, 0.3) is 0 Å². The molecule has 2 aromatic rings. The third-order valence-corrected chi connectivity index (χ3v) is 3.77. The fourth-order valence-corrected chi connectivity index (χ4v) is 2.57. The number of halogens is 1. The van der Waals surface area contributed by atoms with Crippen molar-refractivity contribution >= 4 is 33.2 Å². The summed E-state index contributed by atoms with van der Waals surface area (Å²) in [6.45, 7) is 4.55. The summed E-state index contributed by atoms with van der Waals surface area (Å²) in [6.07, 6.45) is 0. The van der Waals surface area contributed by atoms with E-state index in [9.17, 15) is 0 Å². The van der Waals surface area contributed by atoms with E-state index < -0.39 is 0 Å². The lowest BCUT2D eigenvalue weighted by atomic mass is 10.4. The van der Waals surface area contributed by atoms with Crippen LogP contribution in [0.3, 0.4) is 0 Å². The number of rotatable bonds is 3. The molecule has 0 amide bonds. The number of aromatic nitrogens is 3. The molecule has 6 heteroatoms. The van der Waals surface area contributed by atoms with Crippen molar-refractivity contribution in [2.24, 2.45) is 0 Å². The van der Waals surface area contributed by atoms with Gasteiger partial charge in [-0.05, 0) is 41.9 Å². The highest BCUT2D eigenvalue weighted by Crippen LogP contribution is 2.22. The van der Waals surface area contributed by atoms with Crippen molar-refractivity contribution < 1.29 is 0 Å². The Morgan fingerprint density at radius 2 is 2.06 bits per heavy atom. The SMILES string of the molecule is Cc1nnc(NCc2ccc(Br)s2)nc1C. The Morgan fingerprint density at radius 3 is 2.69 bits per heavy atom. The van der Waals surface area contributed by atoms with Crippen molar-refractivity contribution in [2.45, 2.75) is 20.4 Å².